The largest absolute Gasteiger partial charge is 0.308 e. The van der Waals surface area contributed by atoms with Crippen LogP contribution in [0.15, 0.2) is 164 Å². The van der Waals surface area contributed by atoms with E-state index in [1.54, 1.807) is 6.07 Å². The molecule has 4 heteroatoms. The molecule has 9 rings (SSSR count). The molecule has 49 heavy (non-hydrogen) atoms. The second kappa shape index (κ2) is 11.3. The van der Waals surface area contributed by atoms with Crippen molar-refractivity contribution in [1.82, 2.24) is 4.57 Å². The Bertz CT molecular complexity index is 2530. The first-order valence-electron chi connectivity index (χ1n) is 16.4. The molecule has 0 atom stereocenters. The Kier molecular flexibility index (Phi) is 6.63. The fourth-order valence-electron chi connectivity index (χ4n) is 7.35. The van der Waals surface area contributed by atoms with E-state index < -0.39 is 0 Å². The third-order valence-electron chi connectivity index (χ3n) is 9.57. The average Bonchev–Trinajstić information content (AvgIpc) is 3.62. The van der Waals surface area contributed by atoms with Crippen molar-refractivity contribution in [2.75, 3.05) is 4.90 Å². The summed E-state index contributed by atoms with van der Waals surface area (Å²) in [4.78, 5) is 31.2. The van der Waals surface area contributed by atoms with Gasteiger partial charge in [-0.1, -0.05) is 127 Å². The smallest absolute Gasteiger partial charge is 0.268 e. The zero-order valence-electron chi connectivity index (χ0n) is 26.8. The molecule has 1 aliphatic heterocycles. The lowest BCUT2D eigenvalue weighted by atomic mass is 9.90. The minimum absolute atomic E-state index is 0.333. The van der Waals surface area contributed by atoms with Crippen molar-refractivity contribution in [3.8, 4) is 39.1 Å². The number of aromatic nitrogens is 1. The summed E-state index contributed by atoms with van der Waals surface area (Å²) in [6.07, 6.45) is 0. The number of imide groups is 1. The number of hydrogen-bond donors (Lipinski definition) is 0. The van der Waals surface area contributed by atoms with Gasteiger partial charge in [-0.2, -0.15) is 0 Å². The zero-order valence-corrected chi connectivity index (χ0v) is 26.8. The summed E-state index contributed by atoms with van der Waals surface area (Å²) in [6.45, 7) is 2.09. The van der Waals surface area contributed by atoms with E-state index in [1.807, 2.05) is 103 Å². The number of para-hydroxylation sites is 1. The number of rotatable bonds is 5. The van der Waals surface area contributed by atoms with Crippen LogP contribution in [-0.4, -0.2) is 16.4 Å². The van der Waals surface area contributed by atoms with Crippen LogP contribution in [0.1, 0.15) is 26.3 Å². The van der Waals surface area contributed by atoms with Gasteiger partial charge in [-0.25, -0.2) is 4.90 Å². The molecule has 0 unspecified atom stereocenters. The molecule has 0 saturated heterocycles. The second-order valence-electron chi connectivity index (χ2n) is 12.5. The summed E-state index contributed by atoms with van der Waals surface area (Å²) in [5.41, 5.74) is 10.7. The lowest BCUT2D eigenvalue weighted by molar-refractivity contribution is 0.0926. The van der Waals surface area contributed by atoms with Gasteiger partial charge in [0.2, 0.25) is 0 Å². The second-order valence-corrected chi connectivity index (χ2v) is 12.5. The molecule has 0 aliphatic carbocycles. The Balaban J connectivity index is 1.32. The molecule has 0 N–H and O–H groups in total. The number of anilines is 1. The fraction of sp³-hybridized carbons (Fsp3) is 0.0222. The van der Waals surface area contributed by atoms with Crippen molar-refractivity contribution in [2.45, 2.75) is 6.92 Å². The maximum absolute atomic E-state index is 15.1. The number of carbonyl (C=O) groups excluding carboxylic acids is 2. The van der Waals surface area contributed by atoms with Crippen LogP contribution in [0.5, 0.6) is 0 Å². The molecule has 0 fully saturated rings. The molecule has 2 heterocycles. The lowest BCUT2D eigenvalue weighted by Gasteiger charge is -2.24. The quantitative estimate of drug-likeness (QED) is 0.178. The van der Waals surface area contributed by atoms with E-state index in [2.05, 4.69) is 66.1 Å². The Hall–Kier alpha value is -6.52. The average molecular weight is 631 g/mol. The fourth-order valence-corrected chi connectivity index (χ4v) is 7.35. The van der Waals surface area contributed by atoms with Crippen molar-refractivity contribution in [2.24, 2.45) is 0 Å². The first kappa shape index (κ1) is 28.7. The number of benzene rings is 7. The van der Waals surface area contributed by atoms with Crippen LogP contribution in [0.2, 0.25) is 0 Å². The van der Waals surface area contributed by atoms with E-state index in [1.165, 1.54) is 4.90 Å². The van der Waals surface area contributed by atoms with Crippen molar-refractivity contribution in [3.05, 3.63) is 180 Å². The molecule has 7 aromatic carbocycles. The molecule has 0 bridgehead atoms. The van der Waals surface area contributed by atoms with Gasteiger partial charge in [0.1, 0.15) is 0 Å². The van der Waals surface area contributed by atoms with Crippen LogP contribution in [0.25, 0.3) is 60.9 Å². The predicted molar refractivity (Wildman–Crippen MR) is 199 cm³/mol. The maximum atomic E-state index is 15.1. The van der Waals surface area contributed by atoms with Crippen LogP contribution in [0.4, 0.5) is 5.69 Å². The SMILES string of the molecule is Cc1ccc2c(c1)c1ccccc1n2-c1cccc2c1C(=O)N(c1c(-c3ccccc3)cc(-c3ccccc3)cc1-c1ccccc1)C2=O. The van der Waals surface area contributed by atoms with Crippen molar-refractivity contribution >= 4 is 39.3 Å². The molecule has 1 aliphatic rings. The molecular formula is C45H30N2O2. The van der Waals surface area contributed by atoms with Crippen molar-refractivity contribution in [1.29, 1.82) is 0 Å². The van der Waals surface area contributed by atoms with Crippen LogP contribution in [0.3, 0.4) is 0 Å². The first-order chi connectivity index (χ1) is 24.1. The van der Waals surface area contributed by atoms with E-state index in [9.17, 15) is 4.79 Å². The van der Waals surface area contributed by atoms with E-state index in [4.69, 9.17) is 0 Å². The van der Waals surface area contributed by atoms with Crippen LogP contribution < -0.4 is 4.90 Å². The number of aryl methyl sites for hydroxylation is 1. The third-order valence-corrected chi connectivity index (χ3v) is 9.57. The molecule has 4 nitrogen and oxygen atoms in total. The van der Waals surface area contributed by atoms with Crippen molar-refractivity contribution < 1.29 is 9.59 Å². The lowest BCUT2D eigenvalue weighted by Crippen LogP contribution is -2.30. The monoisotopic (exact) mass is 630 g/mol. The summed E-state index contributed by atoms with van der Waals surface area (Å²) in [5.74, 6) is -0.671. The van der Waals surface area contributed by atoms with E-state index in [0.717, 1.165) is 60.8 Å². The summed E-state index contributed by atoms with van der Waals surface area (Å²) in [6, 6.07) is 54.7. The van der Waals surface area contributed by atoms with Gasteiger partial charge in [-0.15, -0.1) is 0 Å². The van der Waals surface area contributed by atoms with Gasteiger partial charge in [-0.3, -0.25) is 9.59 Å². The van der Waals surface area contributed by atoms with Gasteiger partial charge < -0.3 is 4.57 Å². The minimum atomic E-state index is -0.338. The number of carbonyl (C=O) groups is 2. The number of amides is 2. The number of hydrogen-bond acceptors (Lipinski definition) is 2. The predicted octanol–water partition coefficient (Wildman–Crippen LogP) is 10.9. The number of nitrogens with zero attached hydrogens (tertiary/aromatic N) is 2. The van der Waals surface area contributed by atoms with Gasteiger partial charge >= 0.3 is 0 Å². The molecule has 232 valence electrons. The molecule has 0 spiro atoms. The molecule has 0 radical (unpaired) electrons. The zero-order chi connectivity index (χ0) is 33.1. The highest BCUT2D eigenvalue weighted by Crippen LogP contribution is 2.46. The Labute approximate surface area is 284 Å². The molecule has 2 amide bonds. The normalized spacial score (nSPS) is 12.6. The van der Waals surface area contributed by atoms with Crippen LogP contribution in [-0.2, 0) is 0 Å². The highest BCUT2D eigenvalue weighted by molar-refractivity contribution is 6.37. The molecule has 1 aromatic heterocycles. The molecule has 8 aromatic rings. The Morgan fingerprint density at radius 1 is 0.429 bits per heavy atom. The van der Waals surface area contributed by atoms with Gasteiger partial charge in [0.25, 0.3) is 11.8 Å². The first-order valence-corrected chi connectivity index (χ1v) is 16.4. The summed E-state index contributed by atoms with van der Waals surface area (Å²) in [5, 5.41) is 2.21. The maximum Gasteiger partial charge on any atom is 0.268 e. The van der Waals surface area contributed by atoms with Gasteiger partial charge in [0.15, 0.2) is 0 Å². The highest BCUT2D eigenvalue weighted by atomic mass is 16.2. The molecular weight excluding hydrogens is 601 g/mol. The third kappa shape index (κ3) is 4.53. The topological polar surface area (TPSA) is 42.3 Å². The standard InChI is InChI=1S/C45H30N2O2/c1-29-24-25-40-38(26-29)34-20-11-12-22-39(34)46(40)41-23-13-21-35-42(41)45(49)47(44(35)48)43-36(31-16-7-3-8-17-31)27-33(30-14-5-2-6-15-30)28-37(43)32-18-9-4-10-19-32/h2-28H,1H3. The van der Waals surface area contributed by atoms with E-state index in [0.29, 0.717) is 22.5 Å². The summed E-state index contributed by atoms with van der Waals surface area (Å²) >= 11 is 0. The minimum Gasteiger partial charge on any atom is -0.308 e. The summed E-state index contributed by atoms with van der Waals surface area (Å²) < 4.78 is 2.13. The van der Waals surface area contributed by atoms with Gasteiger partial charge in [0.05, 0.1) is 33.5 Å². The van der Waals surface area contributed by atoms with Crippen LogP contribution in [0, 0.1) is 6.92 Å². The van der Waals surface area contributed by atoms with Gasteiger partial charge in [-0.05, 0) is 71.6 Å². The van der Waals surface area contributed by atoms with Crippen molar-refractivity contribution in [3.63, 3.8) is 0 Å². The van der Waals surface area contributed by atoms with E-state index in [-0.39, 0.29) is 11.8 Å². The van der Waals surface area contributed by atoms with E-state index >= 15 is 4.79 Å². The Morgan fingerprint density at radius 3 is 1.65 bits per heavy atom. The van der Waals surface area contributed by atoms with Crippen LogP contribution >= 0.6 is 0 Å². The number of fused-ring (bicyclic) bond motifs is 4. The van der Waals surface area contributed by atoms with Gasteiger partial charge in [0, 0.05) is 21.9 Å². The summed E-state index contributed by atoms with van der Waals surface area (Å²) in [7, 11) is 0. The Morgan fingerprint density at radius 2 is 1.00 bits per heavy atom. The molecule has 0 saturated carbocycles. The highest BCUT2D eigenvalue weighted by Gasteiger charge is 2.41.